The molecule has 3 rings (SSSR count). The molecule has 118 valence electrons. The van der Waals surface area contributed by atoms with E-state index < -0.39 is 12.0 Å². The van der Waals surface area contributed by atoms with Crippen molar-refractivity contribution in [3.63, 3.8) is 0 Å². The van der Waals surface area contributed by atoms with Gasteiger partial charge in [-0.05, 0) is 37.5 Å². The lowest BCUT2D eigenvalue weighted by Gasteiger charge is -2.32. The van der Waals surface area contributed by atoms with Crippen LogP contribution in [0.3, 0.4) is 0 Å². The van der Waals surface area contributed by atoms with E-state index in [9.17, 15) is 14.7 Å². The van der Waals surface area contributed by atoms with Crippen molar-refractivity contribution in [2.45, 2.75) is 62.9 Å². The molecule has 1 saturated heterocycles. The molecule has 0 aromatic carbocycles. The second kappa shape index (κ2) is 6.07. The molecule has 4 unspecified atom stereocenters. The standard InChI is InChI=1S/C15H24N2O3S/c1-9-3-2-4-11(7-9)16-15(20)17-12(14(18)19)8-21-13(17)10-5-6-10/h9-13H,2-8H2,1H3,(H,16,20)(H,18,19). The Morgan fingerprint density at radius 1 is 1.24 bits per heavy atom. The number of rotatable bonds is 3. The van der Waals surface area contributed by atoms with Crippen LogP contribution in [0.1, 0.15) is 45.4 Å². The van der Waals surface area contributed by atoms with Crippen LogP contribution in [-0.2, 0) is 4.79 Å². The fraction of sp³-hybridized carbons (Fsp3) is 0.867. The maximum Gasteiger partial charge on any atom is 0.327 e. The molecule has 0 bridgehead atoms. The summed E-state index contributed by atoms with van der Waals surface area (Å²) < 4.78 is 0. The lowest BCUT2D eigenvalue weighted by molar-refractivity contribution is -0.141. The van der Waals surface area contributed by atoms with Gasteiger partial charge in [0.2, 0.25) is 0 Å². The maximum absolute atomic E-state index is 12.6. The summed E-state index contributed by atoms with van der Waals surface area (Å²) in [6, 6.07) is -0.619. The molecule has 0 radical (unpaired) electrons. The predicted octanol–water partition coefficient (Wildman–Crippen LogP) is 2.51. The van der Waals surface area contributed by atoms with Crippen molar-refractivity contribution in [1.29, 1.82) is 0 Å². The number of urea groups is 1. The van der Waals surface area contributed by atoms with Gasteiger partial charge in [-0.3, -0.25) is 4.90 Å². The number of hydrogen-bond acceptors (Lipinski definition) is 3. The quantitative estimate of drug-likeness (QED) is 0.840. The molecule has 2 amide bonds. The van der Waals surface area contributed by atoms with Crippen molar-refractivity contribution in [2.24, 2.45) is 11.8 Å². The number of carboxylic acids is 1. The summed E-state index contributed by atoms with van der Waals surface area (Å²) in [4.78, 5) is 25.6. The second-order valence-corrected chi connectivity index (χ2v) is 7.89. The highest BCUT2D eigenvalue weighted by molar-refractivity contribution is 8.00. The average Bonchev–Trinajstić information content (AvgIpc) is 3.16. The molecule has 6 heteroatoms. The number of carboxylic acid groups (broad SMARTS) is 1. The summed E-state index contributed by atoms with van der Waals surface area (Å²) in [5.41, 5.74) is 0. The minimum atomic E-state index is -0.877. The molecule has 1 aliphatic heterocycles. The Hall–Kier alpha value is -0.910. The Balaban J connectivity index is 1.66. The van der Waals surface area contributed by atoms with Crippen molar-refractivity contribution >= 4 is 23.8 Å². The second-order valence-electron chi connectivity index (χ2n) is 6.74. The van der Waals surface area contributed by atoms with E-state index >= 15 is 0 Å². The van der Waals surface area contributed by atoms with Gasteiger partial charge in [0.05, 0.1) is 5.37 Å². The summed E-state index contributed by atoms with van der Waals surface area (Å²) >= 11 is 1.63. The lowest BCUT2D eigenvalue weighted by Crippen LogP contribution is -2.53. The van der Waals surface area contributed by atoms with Gasteiger partial charge in [0, 0.05) is 11.8 Å². The van der Waals surface area contributed by atoms with Crippen LogP contribution in [0.15, 0.2) is 0 Å². The van der Waals surface area contributed by atoms with E-state index in [0.717, 1.165) is 32.1 Å². The Labute approximate surface area is 129 Å². The van der Waals surface area contributed by atoms with Gasteiger partial charge in [0.1, 0.15) is 6.04 Å². The summed E-state index contributed by atoms with van der Waals surface area (Å²) in [6.07, 6.45) is 6.65. The fourth-order valence-electron chi connectivity index (χ4n) is 3.53. The minimum Gasteiger partial charge on any atom is -0.480 e. The van der Waals surface area contributed by atoms with Gasteiger partial charge < -0.3 is 10.4 Å². The third-order valence-electron chi connectivity index (χ3n) is 4.84. The van der Waals surface area contributed by atoms with Gasteiger partial charge in [-0.1, -0.05) is 19.8 Å². The molecule has 0 aromatic rings. The van der Waals surface area contributed by atoms with Crippen LogP contribution in [-0.4, -0.2) is 45.2 Å². The highest BCUT2D eigenvalue weighted by atomic mass is 32.2. The summed E-state index contributed by atoms with van der Waals surface area (Å²) in [5, 5.41) is 12.5. The van der Waals surface area contributed by atoms with Crippen molar-refractivity contribution in [2.75, 3.05) is 5.75 Å². The van der Waals surface area contributed by atoms with Crippen LogP contribution in [0.5, 0.6) is 0 Å². The largest absolute Gasteiger partial charge is 0.480 e. The molecular formula is C15H24N2O3S. The maximum atomic E-state index is 12.6. The van der Waals surface area contributed by atoms with E-state index in [0.29, 0.717) is 17.6 Å². The fourth-order valence-corrected chi connectivity index (χ4v) is 5.16. The van der Waals surface area contributed by atoms with E-state index in [4.69, 9.17) is 0 Å². The molecule has 21 heavy (non-hydrogen) atoms. The SMILES string of the molecule is CC1CCCC(NC(=O)N2C(C(=O)O)CSC2C2CC2)C1. The molecule has 3 fully saturated rings. The molecule has 0 aromatic heterocycles. The third-order valence-corrected chi connectivity index (χ3v) is 6.31. The molecule has 4 atom stereocenters. The van der Waals surface area contributed by atoms with Gasteiger partial charge in [0.15, 0.2) is 0 Å². The highest BCUT2D eigenvalue weighted by Crippen LogP contribution is 2.45. The third kappa shape index (κ3) is 3.30. The van der Waals surface area contributed by atoms with Crippen LogP contribution < -0.4 is 5.32 Å². The van der Waals surface area contributed by atoms with Crippen LogP contribution in [0, 0.1) is 11.8 Å². The molecule has 2 N–H and O–H groups in total. The van der Waals surface area contributed by atoms with Gasteiger partial charge in [0.25, 0.3) is 0 Å². The van der Waals surface area contributed by atoms with Crippen molar-refractivity contribution in [1.82, 2.24) is 10.2 Å². The van der Waals surface area contributed by atoms with Crippen LogP contribution in [0.2, 0.25) is 0 Å². The minimum absolute atomic E-state index is 0.0621. The molecule has 3 aliphatic rings. The number of carbonyl (C=O) groups excluding carboxylic acids is 1. The lowest BCUT2D eigenvalue weighted by atomic mass is 9.87. The van der Waals surface area contributed by atoms with Crippen molar-refractivity contribution < 1.29 is 14.7 Å². The Morgan fingerprint density at radius 3 is 2.62 bits per heavy atom. The van der Waals surface area contributed by atoms with Gasteiger partial charge in [-0.2, -0.15) is 0 Å². The summed E-state index contributed by atoms with van der Waals surface area (Å²) in [7, 11) is 0. The molecule has 2 saturated carbocycles. The number of hydrogen-bond donors (Lipinski definition) is 2. The summed E-state index contributed by atoms with van der Waals surface area (Å²) in [5.74, 6) is 0.782. The zero-order valence-corrected chi connectivity index (χ0v) is 13.3. The number of amides is 2. The van der Waals surface area contributed by atoms with E-state index in [1.165, 1.54) is 6.42 Å². The van der Waals surface area contributed by atoms with E-state index in [2.05, 4.69) is 12.2 Å². The van der Waals surface area contributed by atoms with Gasteiger partial charge >= 0.3 is 12.0 Å². The van der Waals surface area contributed by atoms with E-state index in [-0.39, 0.29) is 17.4 Å². The van der Waals surface area contributed by atoms with Crippen LogP contribution in [0.25, 0.3) is 0 Å². The first-order valence-electron chi connectivity index (χ1n) is 7.99. The smallest absolute Gasteiger partial charge is 0.327 e. The van der Waals surface area contributed by atoms with E-state index in [1.807, 2.05) is 0 Å². The highest BCUT2D eigenvalue weighted by Gasteiger charge is 2.48. The van der Waals surface area contributed by atoms with Crippen molar-refractivity contribution in [3.8, 4) is 0 Å². The molecule has 2 aliphatic carbocycles. The van der Waals surface area contributed by atoms with Crippen LogP contribution in [0.4, 0.5) is 4.79 Å². The van der Waals surface area contributed by atoms with Gasteiger partial charge in [-0.25, -0.2) is 9.59 Å². The van der Waals surface area contributed by atoms with Crippen molar-refractivity contribution in [3.05, 3.63) is 0 Å². The zero-order valence-electron chi connectivity index (χ0n) is 12.5. The number of thioether (sulfide) groups is 1. The first-order chi connectivity index (χ1) is 10.1. The molecule has 5 nitrogen and oxygen atoms in total. The normalized spacial score (nSPS) is 36.5. The first kappa shape index (κ1) is 15.0. The number of aliphatic carboxylic acids is 1. The monoisotopic (exact) mass is 312 g/mol. The van der Waals surface area contributed by atoms with Crippen LogP contribution >= 0.6 is 11.8 Å². The number of carbonyl (C=O) groups is 2. The average molecular weight is 312 g/mol. The molecular weight excluding hydrogens is 288 g/mol. The van der Waals surface area contributed by atoms with Gasteiger partial charge in [-0.15, -0.1) is 11.8 Å². The molecule has 1 heterocycles. The number of nitrogens with one attached hydrogen (secondary N) is 1. The predicted molar refractivity (Wildman–Crippen MR) is 82.2 cm³/mol. The topological polar surface area (TPSA) is 69.6 Å². The molecule has 0 spiro atoms. The number of nitrogens with zero attached hydrogens (tertiary/aromatic N) is 1. The Morgan fingerprint density at radius 2 is 2.00 bits per heavy atom. The Kier molecular flexibility index (Phi) is 4.33. The summed E-state index contributed by atoms with van der Waals surface area (Å²) in [6.45, 7) is 2.22. The zero-order chi connectivity index (χ0) is 15.0. The first-order valence-corrected chi connectivity index (χ1v) is 9.04. The van der Waals surface area contributed by atoms with E-state index in [1.54, 1.807) is 16.7 Å². The Bertz CT molecular complexity index is 427.